The summed E-state index contributed by atoms with van der Waals surface area (Å²) in [5.41, 5.74) is 0.677. The van der Waals surface area contributed by atoms with Crippen molar-refractivity contribution in [1.29, 1.82) is 0 Å². The number of halogens is 3. The summed E-state index contributed by atoms with van der Waals surface area (Å²) in [5, 5.41) is 0. The van der Waals surface area contributed by atoms with Crippen molar-refractivity contribution in [2.75, 3.05) is 6.54 Å². The van der Waals surface area contributed by atoms with Crippen LogP contribution < -0.4 is 0 Å². The maximum absolute atomic E-state index is 12.4. The Labute approximate surface area is 116 Å². The third-order valence-electron chi connectivity index (χ3n) is 2.59. The summed E-state index contributed by atoms with van der Waals surface area (Å²) >= 11 is 4.11. The molecular weight excluding hydrogens is 275 g/mol. The molecule has 1 aromatic rings. The van der Waals surface area contributed by atoms with E-state index in [1.54, 1.807) is 38.1 Å². The Morgan fingerprint density at radius 1 is 1.26 bits per heavy atom. The second kappa shape index (κ2) is 6.32. The van der Waals surface area contributed by atoms with Crippen LogP contribution in [0.5, 0.6) is 0 Å². The average molecular weight is 291 g/mol. The van der Waals surface area contributed by atoms with Crippen LogP contribution in [-0.2, 0) is 11.2 Å². The Hall–Kier alpha value is -1.17. The second-order valence-electron chi connectivity index (χ2n) is 4.57. The zero-order valence-corrected chi connectivity index (χ0v) is 11.6. The topological polar surface area (TPSA) is 20.3 Å². The molecule has 0 aromatic heterocycles. The van der Waals surface area contributed by atoms with E-state index in [2.05, 4.69) is 12.6 Å². The highest BCUT2D eigenvalue weighted by Gasteiger charge is 2.34. The average Bonchev–Trinajstić information content (AvgIpc) is 2.27. The van der Waals surface area contributed by atoms with Crippen LogP contribution in [0.15, 0.2) is 29.2 Å². The Morgan fingerprint density at radius 2 is 1.79 bits per heavy atom. The molecule has 0 spiro atoms. The predicted molar refractivity (Wildman–Crippen MR) is 70.3 cm³/mol. The fourth-order valence-electron chi connectivity index (χ4n) is 1.64. The smallest absolute Gasteiger partial charge is 0.331 e. The van der Waals surface area contributed by atoms with Gasteiger partial charge in [-0.3, -0.25) is 4.79 Å². The van der Waals surface area contributed by atoms with Crippen LogP contribution in [0.2, 0.25) is 0 Å². The van der Waals surface area contributed by atoms with Crippen molar-refractivity contribution >= 4 is 18.5 Å². The molecule has 19 heavy (non-hydrogen) atoms. The molecule has 0 saturated carbocycles. The van der Waals surface area contributed by atoms with Gasteiger partial charge in [-0.05, 0) is 31.5 Å². The first-order chi connectivity index (χ1) is 8.69. The van der Waals surface area contributed by atoms with Gasteiger partial charge in [-0.25, -0.2) is 0 Å². The van der Waals surface area contributed by atoms with Crippen LogP contribution in [0.4, 0.5) is 13.2 Å². The lowest BCUT2D eigenvalue weighted by Gasteiger charge is -2.27. The summed E-state index contributed by atoms with van der Waals surface area (Å²) in [5.74, 6) is -0.528. The number of rotatable bonds is 4. The molecule has 0 aliphatic carbocycles. The first kappa shape index (κ1) is 15.9. The Balaban J connectivity index is 2.75. The number of carbonyl (C=O) groups excluding carboxylic acids is 1. The van der Waals surface area contributed by atoms with Crippen LogP contribution >= 0.6 is 12.6 Å². The summed E-state index contributed by atoms with van der Waals surface area (Å²) < 4.78 is 37.2. The maximum Gasteiger partial charge on any atom is 0.406 e. The number of thiol groups is 1. The van der Waals surface area contributed by atoms with Crippen molar-refractivity contribution in [1.82, 2.24) is 4.90 Å². The fourth-order valence-corrected chi connectivity index (χ4v) is 1.79. The lowest BCUT2D eigenvalue weighted by atomic mass is 10.1. The Kier molecular flexibility index (Phi) is 5.29. The molecule has 0 radical (unpaired) electrons. The molecule has 0 fully saturated rings. The van der Waals surface area contributed by atoms with Gasteiger partial charge in [-0.2, -0.15) is 13.2 Å². The molecule has 0 heterocycles. The molecule has 1 aromatic carbocycles. The lowest BCUT2D eigenvalue weighted by Crippen LogP contribution is -2.44. The van der Waals surface area contributed by atoms with Gasteiger partial charge in [0, 0.05) is 10.9 Å². The van der Waals surface area contributed by atoms with Crippen molar-refractivity contribution in [3.05, 3.63) is 29.8 Å². The molecule has 1 rings (SSSR count). The highest BCUT2D eigenvalue weighted by molar-refractivity contribution is 7.80. The van der Waals surface area contributed by atoms with Gasteiger partial charge in [-0.15, -0.1) is 12.6 Å². The lowest BCUT2D eigenvalue weighted by molar-refractivity contribution is -0.164. The van der Waals surface area contributed by atoms with Gasteiger partial charge < -0.3 is 4.90 Å². The molecule has 1 amide bonds. The number of alkyl halides is 3. The summed E-state index contributed by atoms with van der Waals surface area (Å²) in [6, 6.07) is 6.29. The Bertz CT molecular complexity index is 429. The molecule has 0 unspecified atom stereocenters. The SMILES string of the molecule is CC(C)N(CC(F)(F)F)C(=O)Cc1ccc(S)cc1. The molecule has 106 valence electrons. The van der Waals surface area contributed by atoms with Crippen molar-refractivity contribution in [3.63, 3.8) is 0 Å². The molecule has 0 bridgehead atoms. The predicted octanol–water partition coefficient (Wildman–Crippen LogP) is 3.32. The van der Waals surface area contributed by atoms with E-state index in [1.807, 2.05) is 0 Å². The first-order valence-electron chi connectivity index (χ1n) is 5.83. The molecule has 0 atom stereocenters. The number of carbonyl (C=O) groups is 1. The molecule has 0 aliphatic rings. The zero-order chi connectivity index (χ0) is 14.6. The van der Waals surface area contributed by atoms with E-state index in [1.165, 1.54) is 0 Å². The summed E-state index contributed by atoms with van der Waals surface area (Å²) in [7, 11) is 0. The first-order valence-corrected chi connectivity index (χ1v) is 6.28. The zero-order valence-electron chi connectivity index (χ0n) is 10.7. The van der Waals surface area contributed by atoms with E-state index in [4.69, 9.17) is 0 Å². The van der Waals surface area contributed by atoms with Crippen LogP contribution in [0.1, 0.15) is 19.4 Å². The minimum absolute atomic E-state index is 0.0394. The molecular formula is C13H16F3NOS. The van der Waals surface area contributed by atoms with E-state index in [0.717, 1.165) is 9.80 Å². The van der Waals surface area contributed by atoms with Crippen LogP contribution in [0.25, 0.3) is 0 Å². The maximum atomic E-state index is 12.4. The fraction of sp³-hybridized carbons (Fsp3) is 0.462. The molecule has 0 N–H and O–H groups in total. The van der Waals surface area contributed by atoms with E-state index >= 15 is 0 Å². The summed E-state index contributed by atoms with van der Waals surface area (Å²) in [4.78, 5) is 13.5. The number of hydrogen-bond acceptors (Lipinski definition) is 2. The van der Waals surface area contributed by atoms with Crippen LogP contribution in [-0.4, -0.2) is 29.6 Å². The van der Waals surface area contributed by atoms with Gasteiger partial charge in [0.25, 0.3) is 0 Å². The molecule has 6 heteroatoms. The highest BCUT2D eigenvalue weighted by Crippen LogP contribution is 2.19. The van der Waals surface area contributed by atoms with Crippen molar-refractivity contribution in [2.45, 2.75) is 37.4 Å². The monoisotopic (exact) mass is 291 g/mol. The number of benzene rings is 1. The quantitative estimate of drug-likeness (QED) is 0.844. The van der Waals surface area contributed by atoms with Gasteiger partial charge in [0.1, 0.15) is 6.54 Å². The third kappa shape index (κ3) is 5.55. The number of hydrogen-bond donors (Lipinski definition) is 1. The minimum Gasteiger partial charge on any atom is -0.331 e. The van der Waals surface area contributed by atoms with Crippen LogP contribution in [0.3, 0.4) is 0 Å². The largest absolute Gasteiger partial charge is 0.406 e. The minimum atomic E-state index is -4.38. The van der Waals surface area contributed by atoms with Crippen molar-refractivity contribution in [3.8, 4) is 0 Å². The number of amides is 1. The van der Waals surface area contributed by atoms with Gasteiger partial charge in [0.05, 0.1) is 6.42 Å². The third-order valence-corrected chi connectivity index (χ3v) is 2.88. The molecule has 0 saturated heterocycles. The van der Waals surface area contributed by atoms with Gasteiger partial charge in [-0.1, -0.05) is 12.1 Å². The standard InChI is InChI=1S/C13H16F3NOS/c1-9(2)17(8-13(14,15)16)12(18)7-10-3-5-11(19)6-4-10/h3-6,9,19H,7-8H2,1-2H3. The Morgan fingerprint density at radius 3 is 2.21 bits per heavy atom. The van der Waals surface area contributed by atoms with E-state index in [9.17, 15) is 18.0 Å². The summed E-state index contributed by atoms with van der Waals surface area (Å²) in [6.07, 6.45) is -4.42. The second-order valence-corrected chi connectivity index (χ2v) is 5.09. The molecule has 0 aliphatic heterocycles. The van der Waals surface area contributed by atoms with Crippen molar-refractivity contribution in [2.24, 2.45) is 0 Å². The summed E-state index contributed by atoms with van der Waals surface area (Å²) in [6.45, 7) is 1.93. The molecule has 2 nitrogen and oxygen atoms in total. The normalized spacial score (nSPS) is 11.7. The van der Waals surface area contributed by atoms with Gasteiger partial charge in [0.2, 0.25) is 5.91 Å². The van der Waals surface area contributed by atoms with E-state index in [0.29, 0.717) is 5.56 Å². The van der Waals surface area contributed by atoms with E-state index in [-0.39, 0.29) is 6.42 Å². The number of nitrogens with zero attached hydrogens (tertiary/aromatic N) is 1. The van der Waals surface area contributed by atoms with Gasteiger partial charge >= 0.3 is 6.18 Å². The van der Waals surface area contributed by atoms with E-state index < -0.39 is 24.7 Å². The highest BCUT2D eigenvalue weighted by atomic mass is 32.1. The van der Waals surface area contributed by atoms with Crippen LogP contribution in [0, 0.1) is 0 Å². The van der Waals surface area contributed by atoms with Crippen molar-refractivity contribution < 1.29 is 18.0 Å². The van der Waals surface area contributed by atoms with Gasteiger partial charge in [0.15, 0.2) is 0 Å².